The van der Waals surface area contributed by atoms with Crippen molar-refractivity contribution in [3.8, 4) is 5.75 Å². The van der Waals surface area contributed by atoms with Crippen LogP contribution < -0.4 is 4.74 Å². The summed E-state index contributed by atoms with van der Waals surface area (Å²) in [7, 11) is 1.58. The van der Waals surface area contributed by atoms with E-state index in [9.17, 15) is 4.79 Å². The predicted octanol–water partition coefficient (Wildman–Crippen LogP) is 2.82. The van der Waals surface area contributed by atoms with E-state index < -0.39 is 5.97 Å². The molecule has 0 radical (unpaired) electrons. The van der Waals surface area contributed by atoms with Crippen LogP contribution in [0.2, 0.25) is 0 Å². The fraction of sp³-hybridized carbons (Fsp3) is 0.375. The summed E-state index contributed by atoms with van der Waals surface area (Å²) in [6, 6.07) is 4.87. The maximum atomic E-state index is 11.1. The molecule has 0 amide bonds. The number of rotatable bonds is 5. The van der Waals surface area contributed by atoms with Crippen LogP contribution in [0.5, 0.6) is 5.75 Å². The highest BCUT2D eigenvalue weighted by Crippen LogP contribution is 2.23. The van der Waals surface area contributed by atoms with Crippen molar-refractivity contribution in [2.75, 3.05) is 7.11 Å². The summed E-state index contributed by atoms with van der Waals surface area (Å²) in [6.45, 7) is 6.63. The van der Waals surface area contributed by atoms with Crippen molar-refractivity contribution in [2.24, 2.45) is 0 Å². The van der Waals surface area contributed by atoms with E-state index in [4.69, 9.17) is 9.84 Å². The molecule has 0 bridgehead atoms. The number of carboxylic acid groups (broad SMARTS) is 1. The van der Waals surface area contributed by atoms with Gasteiger partial charge >= 0.3 is 5.97 Å². The Morgan fingerprint density at radius 1 is 1.38 bits per heavy atom. The standard InChI is InChI=1S/C16H20N2O3/c1-5-14-10(2)17-18(11(14)3)9-13-8-12(16(19)20)6-7-15(13)21-4/h6-8H,5,9H2,1-4H3,(H,19,20). The van der Waals surface area contributed by atoms with Crippen LogP contribution in [-0.2, 0) is 13.0 Å². The first-order valence-electron chi connectivity index (χ1n) is 6.91. The molecule has 0 spiro atoms. The lowest BCUT2D eigenvalue weighted by atomic mass is 10.1. The molecule has 0 saturated heterocycles. The summed E-state index contributed by atoms with van der Waals surface area (Å²) in [6.07, 6.45) is 0.934. The number of carbonyl (C=O) groups is 1. The zero-order chi connectivity index (χ0) is 15.6. The Balaban J connectivity index is 2.43. The second-order valence-electron chi connectivity index (χ2n) is 4.99. The van der Waals surface area contributed by atoms with E-state index in [2.05, 4.69) is 12.0 Å². The van der Waals surface area contributed by atoms with E-state index in [1.165, 1.54) is 5.56 Å². The maximum absolute atomic E-state index is 11.1. The summed E-state index contributed by atoms with van der Waals surface area (Å²) in [5.41, 5.74) is 4.43. The zero-order valence-electron chi connectivity index (χ0n) is 12.8. The average Bonchev–Trinajstić information content (AvgIpc) is 2.72. The van der Waals surface area contributed by atoms with Crippen molar-refractivity contribution >= 4 is 5.97 Å². The Morgan fingerprint density at radius 3 is 2.62 bits per heavy atom. The van der Waals surface area contributed by atoms with Gasteiger partial charge in [-0.2, -0.15) is 5.10 Å². The Hall–Kier alpha value is -2.30. The maximum Gasteiger partial charge on any atom is 0.335 e. The number of benzene rings is 1. The molecule has 0 unspecified atom stereocenters. The van der Waals surface area contributed by atoms with Gasteiger partial charge in [0.15, 0.2) is 0 Å². The van der Waals surface area contributed by atoms with Gasteiger partial charge in [-0.3, -0.25) is 4.68 Å². The summed E-state index contributed by atoms with van der Waals surface area (Å²) in [5, 5.41) is 13.7. The van der Waals surface area contributed by atoms with Gasteiger partial charge in [0.2, 0.25) is 0 Å². The van der Waals surface area contributed by atoms with Gasteiger partial charge in [-0.25, -0.2) is 4.79 Å². The largest absolute Gasteiger partial charge is 0.496 e. The van der Waals surface area contributed by atoms with Gasteiger partial charge in [-0.15, -0.1) is 0 Å². The summed E-state index contributed by atoms with van der Waals surface area (Å²) in [4.78, 5) is 11.1. The van der Waals surface area contributed by atoms with Crippen LogP contribution in [0.3, 0.4) is 0 Å². The topological polar surface area (TPSA) is 64.4 Å². The molecule has 2 aromatic rings. The lowest BCUT2D eigenvalue weighted by molar-refractivity contribution is 0.0696. The third-order valence-electron chi connectivity index (χ3n) is 3.73. The van der Waals surface area contributed by atoms with Crippen molar-refractivity contribution in [1.82, 2.24) is 9.78 Å². The number of aromatic carboxylic acids is 1. The van der Waals surface area contributed by atoms with E-state index in [0.29, 0.717) is 12.3 Å². The summed E-state index contributed by atoms with van der Waals surface area (Å²) >= 11 is 0. The van der Waals surface area contributed by atoms with Crippen molar-refractivity contribution in [3.63, 3.8) is 0 Å². The highest BCUT2D eigenvalue weighted by atomic mass is 16.5. The molecular weight excluding hydrogens is 268 g/mol. The van der Waals surface area contributed by atoms with Gasteiger partial charge in [0.25, 0.3) is 0 Å². The van der Waals surface area contributed by atoms with Gasteiger partial charge in [0.1, 0.15) is 5.75 Å². The first-order valence-corrected chi connectivity index (χ1v) is 6.91. The van der Waals surface area contributed by atoms with E-state index in [0.717, 1.165) is 23.4 Å². The highest BCUT2D eigenvalue weighted by molar-refractivity contribution is 5.88. The Morgan fingerprint density at radius 2 is 2.10 bits per heavy atom. The fourth-order valence-corrected chi connectivity index (χ4v) is 2.60. The van der Waals surface area contributed by atoms with Crippen LogP contribution in [0.25, 0.3) is 0 Å². The number of aromatic nitrogens is 2. The molecule has 0 saturated carbocycles. The molecule has 5 nitrogen and oxygen atoms in total. The molecule has 21 heavy (non-hydrogen) atoms. The molecule has 1 aromatic carbocycles. The molecule has 1 aromatic heterocycles. The van der Waals surface area contributed by atoms with Crippen molar-refractivity contribution in [2.45, 2.75) is 33.7 Å². The molecule has 0 aliphatic rings. The minimum atomic E-state index is -0.943. The minimum Gasteiger partial charge on any atom is -0.496 e. The zero-order valence-corrected chi connectivity index (χ0v) is 12.8. The number of carboxylic acids is 1. The molecule has 0 fully saturated rings. The number of aryl methyl sites for hydroxylation is 1. The van der Waals surface area contributed by atoms with Crippen molar-refractivity contribution in [1.29, 1.82) is 0 Å². The Labute approximate surface area is 124 Å². The number of hydrogen-bond donors (Lipinski definition) is 1. The van der Waals surface area contributed by atoms with Crippen molar-refractivity contribution in [3.05, 3.63) is 46.3 Å². The lowest BCUT2D eigenvalue weighted by Gasteiger charge is -2.11. The molecule has 0 atom stereocenters. The third kappa shape index (κ3) is 2.91. The first kappa shape index (κ1) is 15.1. The number of nitrogens with zero attached hydrogens (tertiary/aromatic N) is 2. The van der Waals surface area contributed by atoms with Gasteiger partial charge in [-0.1, -0.05) is 6.92 Å². The SMILES string of the molecule is CCc1c(C)nn(Cc2cc(C(=O)O)ccc2OC)c1C. The Bertz CT molecular complexity index is 674. The third-order valence-corrected chi connectivity index (χ3v) is 3.73. The van der Waals surface area contributed by atoms with E-state index in [1.54, 1.807) is 25.3 Å². The quantitative estimate of drug-likeness (QED) is 0.919. The summed E-state index contributed by atoms with van der Waals surface area (Å²) in [5.74, 6) is -0.271. The minimum absolute atomic E-state index is 0.253. The van der Waals surface area contributed by atoms with Crippen LogP contribution >= 0.6 is 0 Å². The van der Waals surface area contributed by atoms with E-state index >= 15 is 0 Å². The van der Waals surface area contributed by atoms with Crippen LogP contribution in [0.15, 0.2) is 18.2 Å². The van der Waals surface area contributed by atoms with Gasteiger partial charge < -0.3 is 9.84 Å². The van der Waals surface area contributed by atoms with E-state index in [1.807, 2.05) is 18.5 Å². The van der Waals surface area contributed by atoms with Crippen LogP contribution in [0.1, 0.15) is 39.8 Å². The summed E-state index contributed by atoms with van der Waals surface area (Å²) < 4.78 is 7.22. The van der Waals surface area contributed by atoms with Gasteiger partial charge in [0.05, 0.1) is 24.9 Å². The number of ether oxygens (including phenoxy) is 1. The molecule has 0 aliphatic heterocycles. The first-order chi connectivity index (χ1) is 9.97. The van der Waals surface area contributed by atoms with Crippen LogP contribution in [-0.4, -0.2) is 28.0 Å². The molecule has 5 heteroatoms. The molecular formula is C16H20N2O3. The molecule has 1 heterocycles. The monoisotopic (exact) mass is 288 g/mol. The fourth-order valence-electron chi connectivity index (χ4n) is 2.60. The second-order valence-corrected chi connectivity index (χ2v) is 4.99. The number of hydrogen-bond acceptors (Lipinski definition) is 3. The predicted molar refractivity (Wildman–Crippen MR) is 80.1 cm³/mol. The highest BCUT2D eigenvalue weighted by Gasteiger charge is 2.14. The average molecular weight is 288 g/mol. The van der Waals surface area contributed by atoms with Crippen molar-refractivity contribution < 1.29 is 14.6 Å². The molecule has 112 valence electrons. The normalized spacial score (nSPS) is 10.7. The van der Waals surface area contributed by atoms with Gasteiger partial charge in [-0.05, 0) is 44.0 Å². The lowest BCUT2D eigenvalue weighted by Crippen LogP contribution is -2.07. The van der Waals surface area contributed by atoms with Gasteiger partial charge in [0, 0.05) is 11.3 Å². The number of methoxy groups -OCH3 is 1. The molecule has 1 N–H and O–H groups in total. The molecule has 2 rings (SSSR count). The van der Waals surface area contributed by atoms with Crippen LogP contribution in [0.4, 0.5) is 0 Å². The van der Waals surface area contributed by atoms with Crippen LogP contribution in [0, 0.1) is 13.8 Å². The smallest absolute Gasteiger partial charge is 0.335 e. The second kappa shape index (κ2) is 5.99. The van der Waals surface area contributed by atoms with E-state index in [-0.39, 0.29) is 5.56 Å². The molecule has 0 aliphatic carbocycles. The Kier molecular flexibility index (Phi) is 4.31.